The maximum absolute atomic E-state index is 4.21. The summed E-state index contributed by atoms with van der Waals surface area (Å²) >= 11 is 4.21. The van der Waals surface area contributed by atoms with E-state index in [1.54, 1.807) is 12.4 Å². The molecule has 2 heterocycles. The van der Waals surface area contributed by atoms with Crippen LogP contribution in [0.5, 0.6) is 0 Å². The normalized spacial score (nSPS) is 9.56. The molecule has 27 heavy (non-hydrogen) atoms. The second kappa shape index (κ2) is 10.4. The molecule has 0 amide bonds. The van der Waals surface area contributed by atoms with Gasteiger partial charge < -0.3 is 0 Å². The molecule has 0 radical (unpaired) electrons. The highest BCUT2D eigenvalue weighted by molar-refractivity contribution is 7.80. The van der Waals surface area contributed by atoms with Crippen LogP contribution in [0.25, 0.3) is 22.3 Å². The van der Waals surface area contributed by atoms with Crippen molar-refractivity contribution in [3.05, 3.63) is 91.5 Å². The van der Waals surface area contributed by atoms with Gasteiger partial charge in [-0.2, -0.15) is 0 Å². The summed E-state index contributed by atoms with van der Waals surface area (Å²) in [6, 6.07) is 16.2. The van der Waals surface area contributed by atoms with Gasteiger partial charge >= 0.3 is 0 Å². The molecule has 0 N–H and O–H groups in total. The molecular weight excluding hydrogens is 376 g/mol. The summed E-state index contributed by atoms with van der Waals surface area (Å²) in [7, 11) is 0. The topological polar surface area (TPSA) is 51.6 Å². The Labute approximate surface area is 170 Å². The Hall–Kier alpha value is -2.76. The second-order valence-electron chi connectivity index (χ2n) is 5.67. The molecule has 0 unspecified atom stereocenters. The van der Waals surface area contributed by atoms with Crippen molar-refractivity contribution in [2.24, 2.45) is 0 Å². The van der Waals surface area contributed by atoms with Gasteiger partial charge in [0.25, 0.3) is 0 Å². The Kier molecular flexibility index (Phi) is 7.92. The predicted octanol–water partition coefficient (Wildman–Crippen LogP) is 5.31. The van der Waals surface area contributed by atoms with E-state index >= 15 is 0 Å². The largest absolute Gasteiger partial charge is 0.244 e. The zero-order chi connectivity index (χ0) is 18.2. The van der Waals surface area contributed by atoms with Crippen LogP contribution in [0.4, 0.5) is 0 Å². The third kappa shape index (κ3) is 6.16. The summed E-state index contributed by atoms with van der Waals surface area (Å²) in [5.74, 6) is 0. The standard InChI is InChI=1S/C11H10N2.C10H8N2S.ClH/c1-9-2-4-10(5-3-9)11-6-12-8-13-7-11;13-10-3-1-8(2-4-10)9-5-11-7-12-6-9;/h2-8H,1H3;1-7,13H;1H. The summed E-state index contributed by atoms with van der Waals surface area (Å²) in [6.45, 7) is 2.07. The van der Waals surface area contributed by atoms with Crippen LogP contribution in [0, 0.1) is 6.92 Å². The van der Waals surface area contributed by atoms with Crippen LogP contribution >= 0.6 is 25.0 Å². The summed E-state index contributed by atoms with van der Waals surface area (Å²) in [5.41, 5.74) is 5.61. The van der Waals surface area contributed by atoms with Gasteiger partial charge in [-0.05, 0) is 30.2 Å². The smallest absolute Gasteiger partial charge is 0.115 e. The molecule has 0 fully saturated rings. The lowest BCUT2D eigenvalue weighted by molar-refractivity contribution is 1.17. The molecule has 0 spiro atoms. The predicted molar refractivity (Wildman–Crippen MR) is 114 cm³/mol. The number of hydrogen-bond acceptors (Lipinski definition) is 5. The minimum atomic E-state index is 0. The first-order valence-corrected chi connectivity index (χ1v) is 8.53. The molecule has 4 nitrogen and oxygen atoms in total. The van der Waals surface area contributed by atoms with Crippen LogP contribution in [0.1, 0.15) is 5.56 Å². The van der Waals surface area contributed by atoms with Crippen molar-refractivity contribution in [3.63, 3.8) is 0 Å². The Balaban J connectivity index is 0.000000187. The number of benzene rings is 2. The van der Waals surface area contributed by atoms with E-state index in [2.05, 4.69) is 63.8 Å². The lowest BCUT2D eigenvalue weighted by Crippen LogP contribution is -1.81. The van der Waals surface area contributed by atoms with E-state index in [9.17, 15) is 0 Å². The molecular formula is C21H19ClN4S. The van der Waals surface area contributed by atoms with E-state index in [1.165, 1.54) is 18.2 Å². The third-order valence-electron chi connectivity index (χ3n) is 3.71. The van der Waals surface area contributed by atoms with Crippen molar-refractivity contribution in [1.82, 2.24) is 19.9 Å². The average molecular weight is 395 g/mol. The van der Waals surface area contributed by atoms with E-state index in [1.807, 2.05) is 36.7 Å². The van der Waals surface area contributed by atoms with E-state index in [4.69, 9.17) is 0 Å². The number of hydrogen-bond donors (Lipinski definition) is 1. The molecule has 0 aliphatic carbocycles. The first kappa shape index (κ1) is 20.6. The molecule has 0 aliphatic rings. The molecule has 4 aromatic rings. The second-order valence-corrected chi connectivity index (χ2v) is 6.18. The van der Waals surface area contributed by atoms with Crippen molar-refractivity contribution < 1.29 is 0 Å². The monoisotopic (exact) mass is 394 g/mol. The Morgan fingerprint density at radius 2 is 0.926 bits per heavy atom. The van der Waals surface area contributed by atoms with Crippen LogP contribution < -0.4 is 0 Å². The zero-order valence-electron chi connectivity index (χ0n) is 14.7. The summed E-state index contributed by atoms with van der Waals surface area (Å²) in [4.78, 5) is 16.8. The van der Waals surface area contributed by atoms with Gasteiger partial charge in [0.15, 0.2) is 0 Å². The van der Waals surface area contributed by atoms with Crippen molar-refractivity contribution in [1.29, 1.82) is 0 Å². The van der Waals surface area contributed by atoms with Crippen LogP contribution in [-0.2, 0) is 0 Å². The molecule has 2 aromatic heterocycles. The van der Waals surface area contributed by atoms with E-state index in [0.717, 1.165) is 27.1 Å². The van der Waals surface area contributed by atoms with Gasteiger partial charge in [-0.25, -0.2) is 19.9 Å². The molecule has 4 rings (SSSR count). The third-order valence-corrected chi connectivity index (χ3v) is 4.00. The molecule has 0 atom stereocenters. The number of nitrogens with zero attached hydrogens (tertiary/aromatic N) is 4. The minimum absolute atomic E-state index is 0. The first-order valence-electron chi connectivity index (χ1n) is 8.09. The highest BCUT2D eigenvalue weighted by Gasteiger charge is 1.96. The highest BCUT2D eigenvalue weighted by Crippen LogP contribution is 2.18. The summed E-state index contributed by atoms with van der Waals surface area (Å²) in [6.07, 6.45) is 10.3. The highest BCUT2D eigenvalue weighted by atomic mass is 35.5. The SMILES string of the molecule is Cc1ccc(-c2cncnc2)cc1.Cl.Sc1ccc(-c2cncnc2)cc1. The van der Waals surface area contributed by atoms with E-state index in [0.29, 0.717) is 0 Å². The maximum atomic E-state index is 4.21. The van der Waals surface area contributed by atoms with Gasteiger partial charge in [-0.1, -0.05) is 42.0 Å². The number of aryl methyl sites for hydroxylation is 1. The minimum Gasteiger partial charge on any atom is -0.244 e. The van der Waals surface area contributed by atoms with E-state index in [-0.39, 0.29) is 12.4 Å². The van der Waals surface area contributed by atoms with Gasteiger partial charge in [0, 0.05) is 40.8 Å². The maximum Gasteiger partial charge on any atom is 0.115 e. The lowest BCUT2D eigenvalue weighted by Gasteiger charge is -1.99. The lowest BCUT2D eigenvalue weighted by atomic mass is 10.1. The fourth-order valence-electron chi connectivity index (χ4n) is 2.30. The number of aromatic nitrogens is 4. The molecule has 0 saturated heterocycles. The molecule has 2 aromatic carbocycles. The fourth-order valence-corrected chi connectivity index (χ4v) is 2.45. The zero-order valence-corrected chi connectivity index (χ0v) is 16.4. The molecule has 0 saturated carbocycles. The molecule has 0 bridgehead atoms. The molecule has 136 valence electrons. The van der Waals surface area contributed by atoms with Crippen molar-refractivity contribution in [2.75, 3.05) is 0 Å². The van der Waals surface area contributed by atoms with Gasteiger partial charge in [0.05, 0.1) is 0 Å². The van der Waals surface area contributed by atoms with Crippen LogP contribution in [0.3, 0.4) is 0 Å². The van der Waals surface area contributed by atoms with Crippen LogP contribution in [-0.4, -0.2) is 19.9 Å². The van der Waals surface area contributed by atoms with Crippen LogP contribution in [0.15, 0.2) is 90.9 Å². The van der Waals surface area contributed by atoms with E-state index < -0.39 is 0 Å². The fraction of sp³-hybridized carbons (Fsp3) is 0.0476. The number of rotatable bonds is 2. The Morgan fingerprint density at radius 3 is 1.33 bits per heavy atom. The van der Waals surface area contributed by atoms with Crippen molar-refractivity contribution in [3.8, 4) is 22.3 Å². The van der Waals surface area contributed by atoms with Crippen LogP contribution in [0.2, 0.25) is 0 Å². The van der Waals surface area contributed by atoms with Gasteiger partial charge in [-0.3, -0.25) is 0 Å². The Bertz CT molecular complexity index is 850. The first-order chi connectivity index (χ1) is 12.7. The van der Waals surface area contributed by atoms with Gasteiger partial charge in [0.1, 0.15) is 12.7 Å². The number of halogens is 1. The summed E-state index contributed by atoms with van der Waals surface area (Å²) < 4.78 is 0. The average Bonchev–Trinajstić information content (AvgIpc) is 2.71. The van der Waals surface area contributed by atoms with Gasteiger partial charge in [0.2, 0.25) is 0 Å². The molecule has 6 heteroatoms. The number of thiol groups is 1. The van der Waals surface area contributed by atoms with Gasteiger partial charge in [-0.15, -0.1) is 25.0 Å². The van der Waals surface area contributed by atoms with Crippen molar-refractivity contribution in [2.45, 2.75) is 11.8 Å². The quantitative estimate of drug-likeness (QED) is 0.468. The molecule has 0 aliphatic heterocycles. The Morgan fingerprint density at radius 1 is 0.556 bits per heavy atom. The van der Waals surface area contributed by atoms with Crippen molar-refractivity contribution >= 4 is 25.0 Å². The summed E-state index contributed by atoms with van der Waals surface area (Å²) in [5, 5.41) is 0.